The van der Waals surface area contributed by atoms with Crippen LogP contribution in [0.15, 0.2) is 35.7 Å². The molecule has 3 heterocycles. The number of hydrogen-bond acceptors (Lipinski definition) is 7. The summed E-state index contributed by atoms with van der Waals surface area (Å²) in [5, 5.41) is 15.6. The van der Waals surface area contributed by atoms with Crippen LogP contribution in [0.1, 0.15) is 11.9 Å². The number of amides is 1. The summed E-state index contributed by atoms with van der Waals surface area (Å²) in [6, 6.07) is 10.3. The highest BCUT2D eigenvalue weighted by Gasteiger charge is 2.24. The summed E-state index contributed by atoms with van der Waals surface area (Å²) < 4.78 is 0. The van der Waals surface area contributed by atoms with Gasteiger partial charge in [-0.2, -0.15) is 0 Å². The van der Waals surface area contributed by atoms with Gasteiger partial charge in [0.1, 0.15) is 5.01 Å². The molecule has 9 heteroatoms. The second-order valence-electron chi connectivity index (χ2n) is 6.70. The van der Waals surface area contributed by atoms with E-state index >= 15 is 0 Å². The third kappa shape index (κ3) is 4.54. The van der Waals surface area contributed by atoms with Crippen molar-refractivity contribution in [2.75, 3.05) is 42.9 Å². The van der Waals surface area contributed by atoms with Crippen molar-refractivity contribution in [2.24, 2.45) is 0 Å². The van der Waals surface area contributed by atoms with E-state index in [0.29, 0.717) is 11.7 Å². The van der Waals surface area contributed by atoms with Gasteiger partial charge in [0.25, 0.3) is 5.91 Å². The lowest BCUT2D eigenvalue weighted by atomic mass is 10.2. The molecular formula is C19H23N6OS2+. The van der Waals surface area contributed by atoms with Gasteiger partial charge < -0.3 is 9.80 Å². The van der Waals surface area contributed by atoms with Gasteiger partial charge in [-0.15, -0.1) is 21.5 Å². The quantitative estimate of drug-likeness (QED) is 0.639. The highest BCUT2D eigenvalue weighted by Crippen LogP contribution is 2.27. The van der Waals surface area contributed by atoms with E-state index in [1.54, 1.807) is 11.3 Å². The lowest BCUT2D eigenvalue weighted by molar-refractivity contribution is -0.892. The number of quaternary nitrogens is 1. The van der Waals surface area contributed by atoms with Crippen molar-refractivity contribution in [1.29, 1.82) is 0 Å². The summed E-state index contributed by atoms with van der Waals surface area (Å²) in [6.45, 7) is 6.14. The predicted octanol–water partition coefficient (Wildman–Crippen LogP) is 1.57. The first-order valence-corrected chi connectivity index (χ1v) is 11.1. The van der Waals surface area contributed by atoms with E-state index < -0.39 is 0 Å². The van der Waals surface area contributed by atoms with Crippen molar-refractivity contribution < 1.29 is 9.69 Å². The molecule has 1 amide bonds. The molecule has 1 aliphatic heterocycles. The smallest absolute Gasteiger partial charge is 0.281 e. The van der Waals surface area contributed by atoms with Crippen molar-refractivity contribution in [3.63, 3.8) is 0 Å². The molecule has 28 heavy (non-hydrogen) atoms. The molecular weight excluding hydrogens is 392 g/mol. The van der Waals surface area contributed by atoms with Gasteiger partial charge in [-0.1, -0.05) is 48.6 Å². The summed E-state index contributed by atoms with van der Waals surface area (Å²) in [6.07, 6.45) is 0.837. The number of aryl methyl sites for hydroxylation is 1. The number of thiazole rings is 1. The number of rotatable bonds is 6. The summed E-state index contributed by atoms with van der Waals surface area (Å²) >= 11 is 3.13. The maximum atomic E-state index is 12.3. The van der Waals surface area contributed by atoms with E-state index in [1.807, 2.05) is 25.1 Å². The van der Waals surface area contributed by atoms with Crippen LogP contribution in [0.2, 0.25) is 0 Å². The Kier molecular flexibility index (Phi) is 5.94. The summed E-state index contributed by atoms with van der Waals surface area (Å²) in [5.41, 5.74) is 2.17. The Hall–Kier alpha value is -2.36. The van der Waals surface area contributed by atoms with E-state index in [9.17, 15) is 4.79 Å². The molecule has 2 N–H and O–H groups in total. The van der Waals surface area contributed by atoms with Crippen LogP contribution >= 0.6 is 22.7 Å². The fourth-order valence-corrected chi connectivity index (χ4v) is 4.76. The topological polar surface area (TPSA) is 75.5 Å². The highest BCUT2D eigenvalue weighted by atomic mass is 32.1. The number of nitrogens with one attached hydrogen (secondary N) is 2. The third-order valence-electron chi connectivity index (χ3n) is 4.73. The average molecular weight is 416 g/mol. The molecule has 3 aromatic rings. The summed E-state index contributed by atoms with van der Waals surface area (Å²) in [4.78, 5) is 20.7. The van der Waals surface area contributed by atoms with Crippen LogP contribution in [0.3, 0.4) is 0 Å². The normalized spacial score (nSPS) is 15.0. The zero-order chi connectivity index (χ0) is 19.3. The molecule has 1 aliphatic rings. The SMILES string of the molecule is CCc1nnc(NC(=O)C[NH+]2CCN(c3nc(-c4ccccc4)cs3)CC2)s1. The Morgan fingerprint density at radius 1 is 1.21 bits per heavy atom. The van der Waals surface area contributed by atoms with Gasteiger partial charge in [-0.3, -0.25) is 10.1 Å². The zero-order valence-corrected chi connectivity index (χ0v) is 17.4. The monoisotopic (exact) mass is 415 g/mol. The number of piperazine rings is 1. The summed E-state index contributed by atoms with van der Waals surface area (Å²) in [7, 11) is 0. The maximum absolute atomic E-state index is 12.3. The van der Waals surface area contributed by atoms with E-state index in [4.69, 9.17) is 4.98 Å². The van der Waals surface area contributed by atoms with Gasteiger partial charge in [0.15, 0.2) is 11.7 Å². The van der Waals surface area contributed by atoms with Crippen LogP contribution in [-0.4, -0.2) is 53.8 Å². The molecule has 4 rings (SSSR count). The first kappa shape index (κ1) is 19.0. The van der Waals surface area contributed by atoms with Gasteiger partial charge in [0, 0.05) is 10.9 Å². The Morgan fingerprint density at radius 3 is 2.71 bits per heavy atom. The standard InChI is InChI=1S/C19H22N6OS2/c1-2-17-22-23-18(28-17)21-16(26)12-24-8-10-25(11-9-24)19-20-15(13-27-19)14-6-4-3-5-7-14/h3-7,13H,2,8-12H2,1H3,(H,21,23,26)/p+1. The minimum absolute atomic E-state index is 0.00265. The van der Waals surface area contributed by atoms with Crippen LogP contribution in [-0.2, 0) is 11.2 Å². The minimum Gasteiger partial charge on any atom is -0.337 e. The predicted molar refractivity (Wildman–Crippen MR) is 113 cm³/mol. The van der Waals surface area contributed by atoms with Crippen LogP contribution in [0, 0.1) is 0 Å². The minimum atomic E-state index is 0.00265. The number of carbonyl (C=O) groups excluding carboxylic acids is 1. The molecule has 0 spiro atoms. The molecule has 1 aromatic carbocycles. The molecule has 146 valence electrons. The summed E-state index contributed by atoms with van der Waals surface area (Å²) in [5.74, 6) is 0.00265. The molecule has 1 fully saturated rings. The van der Waals surface area contributed by atoms with Crippen molar-refractivity contribution >= 4 is 38.8 Å². The fraction of sp³-hybridized carbons (Fsp3) is 0.368. The Labute approximate surface area is 172 Å². The first-order valence-electron chi connectivity index (χ1n) is 9.43. The van der Waals surface area contributed by atoms with Crippen LogP contribution < -0.4 is 15.1 Å². The third-order valence-corrected chi connectivity index (χ3v) is 6.61. The number of aromatic nitrogens is 3. The Bertz CT molecular complexity index is 917. The molecule has 7 nitrogen and oxygen atoms in total. The number of anilines is 2. The number of hydrogen-bond donors (Lipinski definition) is 2. The van der Waals surface area contributed by atoms with Gasteiger partial charge in [0.05, 0.1) is 31.9 Å². The Balaban J connectivity index is 1.27. The molecule has 1 saturated heterocycles. The maximum Gasteiger partial charge on any atom is 0.281 e. The van der Waals surface area contributed by atoms with Gasteiger partial charge >= 0.3 is 0 Å². The number of nitrogens with zero attached hydrogens (tertiary/aromatic N) is 4. The van der Waals surface area contributed by atoms with Gasteiger partial charge in [-0.05, 0) is 6.42 Å². The van der Waals surface area contributed by atoms with Gasteiger partial charge in [-0.25, -0.2) is 4.98 Å². The molecule has 0 bridgehead atoms. The Morgan fingerprint density at radius 2 is 2.00 bits per heavy atom. The molecule has 0 atom stereocenters. The van der Waals surface area contributed by atoms with Crippen LogP contribution in [0.5, 0.6) is 0 Å². The average Bonchev–Trinajstić information content (AvgIpc) is 3.39. The molecule has 0 radical (unpaired) electrons. The van der Waals surface area contributed by atoms with E-state index in [2.05, 4.69) is 37.9 Å². The first-order chi connectivity index (χ1) is 13.7. The number of carbonyl (C=O) groups is 1. The van der Waals surface area contributed by atoms with E-state index in [0.717, 1.165) is 54.0 Å². The number of benzene rings is 1. The second-order valence-corrected chi connectivity index (χ2v) is 8.60. The molecule has 2 aromatic heterocycles. The zero-order valence-electron chi connectivity index (χ0n) is 15.7. The fourth-order valence-electron chi connectivity index (χ4n) is 3.18. The van der Waals surface area contributed by atoms with Crippen LogP contribution in [0.25, 0.3) is 11.3 Å². The van der Waals surface area contributed by atoms with Crippen molar-refractivity contribution in [1.82, 2.24) is 15.2 Å². The highest BCUT2D eigenvalue weighted by molar-refractivity contribution is 7.15. The molecule has 0 aliphatic carbocycles. The van der Waals surface area contributed by atoms with Crippen molar-refractivity contribution in [3.05, 3.63) is 40.7 Å². The lowest BCUT2D eigenvalue weighted by Crippen LogP contribution is -3.15. The van der Waals surface area contributed by atoms with Gasteiger partial charge in [0.2, 0.25) is 5.13 Å². The molecule has 0 unspecified atom stereocenters. The van der Waals surface area contributed by atoms with Crippen LogP contribution in [0.4, 0.5) is 10.3 Å². The lowest BCUT2D eigenvalue weighted by Gasteiger charge is -2.31. The van der Waals surface area contributed by atoms with E-state index in [-0.39, 0.29) is 5.91 Å². The molecule has 0 saturated carbocycles. The van der Waals surface area contributed by atoms with E-state index in [1.165, 1.54) is 16.2 Å². The second kappa shape index (κ2) is 8.76. The largest absolute Gasteiger partial charge is 0.337 e. The van der Waals surface area contributed by atoms with Crippen molar-refractivity contribution in [2.45, 2.75) is 13.3 Å². The van der Waals surface area contributed by atoms with Crippen molar-refractivity contribution in [3.8, 4) is 11.3 Å².